The average Bonchev–Trinajstić information content (AvgIpc) is 2.71. The summed E-state index contributed by atoms with van der Waals surface area (Å²) in [5, 5.41) is 11.5. The summed E-state index contributed by atoms with van der Waals surface area (Å²) in [5.74, 6) is -1.09. The zero-order valence-corrected chi connectivity index (χ0v) is 11.1. The second-order valence-electron chi connectivity index (χ2n) is 5.01. The van der Waals surface area contributed by atoms with E-state index >= 15 is 0 Å². The first-order valence-corrected chi connectivity index (χ1v) is 6.40. The molecule has 0 aliphatic carbocycles. The van der Waals surface area contributed by atoms with Crippen LogP contribution < -0.4 is 10.6 Å². The van der Waals surface area contributed by atoms with E-state index in [-0.39, 0.29) is 22.4 Å². The summed E-state index contributed by atoms with van der Waals surface area (Å²) in [6.45, 7) is 1.04. The first-order chi connectivity index (χ1) is 9.49. The Morgan fingerprint density at radius 3 is 2.60 bits per heavy atom. The molecule has 1 aliphatic heterocycles. The van der Waals surface area contributed by atoms with Crippen LogP contribution in [0.2, 0.25) is 0 Å². The highest BCUT2D eigenvalue weighted by Gasteiger charge is 2.24. The van der Waals surface area contributed by atoms with Crippen LogP contribution in [0.25, 0.3) is 10.9 Å². The molecule has 1 aliphatic rings. The number of rotatable bonds is 1. The van der Waals surface area contributed by atoms with Crippen LogP contribution in [0.5, 0.6) is 0 Å². The Morgan fingerprint density at radius 1 is 1.30 bits per heavy atom. The lowest BCUT2D eigenvalue weighted by Crippen LogP contribution is -2.34. The quantitative estimate of drug-likeness (QED) is 0.839. The van der Waals surface area contributed by atoms with Gasteiger partial charge in [-0.15, -0.1) is 0 Å². The first kappa shape index (κ1) is 12.8. The van der Waals surface area contributed by atoms with Gasteiger partial charge in [0.15, 0.2) is 11.6 Å². The number of aryl methyl sites for hydroxylation is 1. The van der Waals surface area contributed by atoms with Crippen LogP contribution in [0, 0.1) is 17.0 Å². The van der Waals surface area contributed by atoms with Crippen molar-refractivity contribution in [1.29, 1.82) is 5.41 Å². The smallest absolute Gasteiger partial charge is 0.172 e. The van der Waals surface area contributed by atoms with Crippen LogP contribution >= 0.6 is 0 Å². The van der Waals surface area contributed by atoms with E-state index in [1.165, 1.54) is 17.8 Å². The van der Waals surface area contributed by atoms with Gasteiger partial charge in [0.1, 0.15) is 11.3 Å². The second kappa shape index (κ2) is 4.43. The van der Waals surface area contributed by atoms with E-state index in [1.54, 1.807) is 4.90 Å². The van der Waals surface area contributed by atoms with Crippen LogP contribution in [-0.4, -0.2) is 28.6 Å². The zero-order chi connectivity index (χ0) is 14.4. The Hall–Kier alpha value is -2.18. The Balaban J connectivity index is 2.15. The predicted molar refractivity (Wildman–Crippen MR) is 74.2 cm³/mol. The lowest BCUT2D eigenvalue weighted by atomic mass is 10.1. The molecular formula is C13H15F2N5. The predicted octanol–water partition coefficient (Wildman–Crippen LogP) is 2.05. The summed E-state index contributed by atoms with van der Waals surface area (Å²) in [6, 6.07) is 1.17. The number of piperidine rings is 1. The standard InChI is InChI=1S/C13H15F2N5/c1-19-12-10(13(17)18-19)8(14)6-9(11(12)15)20-4-2-7(16)3-5-20/h6,16H,2-5H2,1H3,(H2,17,18). The van der Waals surface area contributed by atoms with Crippen molar-refractivity contribution in [2.24, 2.45) is 7.05 Å². The molecule has 1 aromatic carbocycles. The molecule has 1 fully saturated rings. The summed E-state index contributed by atoms with van der Waals surface area (Å²) >= 11 is 0. The number of fused-ring (bicyclic) bond motifs is 1. The highest BCUT2D eigenvalue weighted by molar-refractivity contribution is 5.93. The van der Waals surface area contributed by atoms with E-state index in [0.717, 1.165) is 0 Å². The average molecular weight is 279 g/mol. The zero-order valence-electron chi connectivity index (χ0n) is 11.1. The molecule has 2 aromatic rings. The Labute approximate surface area is 114 Å². The molecule has 106 valence electrons. The van der Waals surface area contributed by atoms with Gasteiger partial charge in [-0.1, -0.05) is 0 Å². The molecule has 0 bridgehead atoms. The molecule has 0 amide bonds. The van der Waals surface area contributed by atoms with E-state index in [4.69, 9.17) is 11.1 Å². The van der Waals surface area contributed by atoms with E-state index < -0.39 is 11.6 Å². The van der Waals surface area contributed by atoms with Gasteiger partial charge >= 0.3 is 0 Å². The number of halogens is 2. The van der Waals surface area contributed by atoms with Crippen molar-refractivity contribution in [3.05, 3.63) is 17.7 Å². The maximum absolute atomic E-state index is 14.6. The van der Waals surface area contributed by atoms with Gasteiger partial charge in [0.2, 0.25) is 0 Å². The fourth-order valence-corrected chi connectivity index (χ4v) is 2.66. The van der Waals surface area contributed by atoms with Crippen molar-refractivity contribution < 1.29 is 8.78 Å². The van der Waals surface area contributed by atoms with Gasteiger partial charge in [-0.2, -0.15) is 5.10 Å². The molecule has 1 aromatic heterocycles. The van der Waals surface area contributed by atoms with Crippen LogP contribution in [0.3, 0.4) is 0 Å². The lowest BCUT2D eigenvalue weighted by molar-refractivity contribution is 0.599. The highest BCUT2D eigenvalue weighted by atomic mass is 19.1. The number of nitrogens with one attached hydrogen (secondary N) is 1. The van der Waals surface area contributed by atoms with Crippen molar-refractivity contribution in [3.63, 3.8) is 0 Å². The van der Waals surface area contributed by atoms with Crippen molar-refractivity contribution in [3.8, 4) is 0 Å². The number of hydrogen-bond acceptors (Lipinski definition) is 4. The molecule has 0 radical (unpaired) electrons. The van der Waals surface area contributed by atoms with E-state index in [2.05, 4.69) is 5.10 Å². The van der Waals surface area contributed by atoms with Gasteiger partial charge in [0.25, 0.3) is 0 Å². The van der Waals surface area contributed by atoms with Crippen LogP contribution in [0.1, 0.15) is 12.8 Å². The number of nitrogen functional groups attached to an aromatic ring is 1. The number of anilines is 2. The number of aromatic nitrogens is 2. The minimum absolute atomic E-state index is 0.00845. The summed E-state index contributed by atoms with van der Waals surface area (Å²) in [7, 11) is 1.54. The SMILES string of the molecule is Cn1nc(N)c2c(F)cc(N3CCC(=N)CC3)c(F)c21. The highest BCUT2D eigenvalue weighted by Crippen LogP contribution is 2.33. The van der Waals surface area contributed by atoms with Gasteiger partial charge in [-0.05, 0) is 0 Å². The molecule has 3 N–H and O–H groups in total. The first-order valence-electron chi connectivity index (χ1n) is 6.40. The molecule has 0 saturated carbocycles. The molecule has 1 saturated heterocycles. The third-order valence-electron chi connectivity index (χ3n) is 3.72. The van der Waals surface area contributed by atoms with Gasteiger partial charge in [0, 0.05) is 44.8 Å². The van der Waals surface area contributed by atoms with Crippen molar-refractivity contribution in [2.75, 3.05) is 23.7 Å². The van der Waals surface area contributed by atoms with E-state index in [0.29, 0.717) is 31.6 Å². The summed E-state index contributed by atoms with van der Waals surface area (Å²) in [5.41, 5.74) is 6.55. The molecular weight excluding hydrogens is 264 g/mol. The molecule has 3 rings (SSSR count). The van der Waals surface area contributed by atoms with Gasteiger partial charge < -0.3 is 16.0 Å². The van der Waals surface area contributed by atoms with Gasteiger partial charge in [0.05, 0.1) is 11.1 Å². The van der Waals surface area contributed by atoms with Gasteiger partial charge in [-0.3, -0.25) is 4.68 Å². The molecule has 0 unspecified atom stereocenters. The fourth-order valence-electron chi connectivity index (χ4n) is 2.66. The van der Waals surface area contributed by atoms with Crippen LogP contribution in [0.4, 0.5) is 20.3 Å². The monoisotopic (exact) mass is 279 g/mol. The Bertz CT molecular complexity index is 697. The molecule has 20 heavy (non-hydrogen) atoms. The maximum Gasteiger partial charge on any atom is 0.172 e. The number of hydrogen-bond donors (Lipinski definition) is 2. The molecule has 5 nitrogen and oxygen atoms in total. The third kappa shape index (κ3) is 1.81. The van der Waals surface area contributed by atoms with Crippen LogP contribution in [0.15, 0.2) is 6.07 Å². The second-order valence-corrected chi connectivity index (χ2v) is 5.01. The Morgan fingerprint density at radius 2 is 1.95 bits per heavy atom. The summed E-state index contributed by atoms with van der Waals surface area (Å²) < 4.78 is 30.1. The largest absolute Gasteiger partial charge is 0.382 e. The summed E-state index contributed by atoms with van der Waals surface area (Å²) in [4.78, 5) is 1.76. The van der Waals surface area contributed by atoms with E-state index in [9.17, 15) is 8.78 Å². The third-order valence-corrected chi connectivity index (χ3v) is 3.72. The molecule has 0 atom stereocenters. The van der Waals surface area contributed by atoms with E-state index in [1.807, 2.05) is 0 Å². The van der Waals surface area contributed by atoms with Crippen LogP contribution in [-0.2, 0) is 7.05 Å². The Kier molecular flexibility index (Phi) is 2.84. The minimum atomic E-state index is -0.567. The van der Waals surface area contributed by atoms with Crippen molar-refractivity contribution >= 4 is 28.1 Å². The van der Waals surface area contributed by atoms with Crippen molar-refractivity contribution in [1.82, 2.24) is 9.78 Å². The van der Waals surface area contributed by atoms with Crippen molar-refractivity contribution in [2.45, 2.75) is 12.8 Å². The van der Waals surface area contributed by atoms with Gasteiger partial charge in [-0.25, -0.2) is 8.78 Å². The molecule has 0 spiro atoms. The summed E-state index contributed by atoms with van der Waals surface area (Å²) in [6.07, 6.45) is 1.15. The lowest BCUT2D eigenvalue weighted by Gasteiger charge is -2.29. The number of nitrogens with zero attached hydrogens (tertiary/aromatic N) is 3. The fraction of sp³-hybridized carbons (Fsp3) is 0.385. The topological polar surface area (TPSA) is 70.9 Å². The maximum atomic E-state index is 14.6. The normalized spacial score (nSPS) is 16.1. The number of benzene rings is 1. The molecule has 2 heterocycles. The minimum Gasteiger partial charge on any atom is -0.382 e. The molecule has 7 heteroatoms. The number of nitrogens with two attached hydrogens (primary N) is 1.